The monoisotopic (exact) mass is 252 g/mol. The third-order valence-electron chi connectivity index (χ3n) is 3.43. The van der Waals surface area contributed by atoms with Gasteiger partial charge >= 0.3 is 0 Å². The molecule has 0 aliphatic carbocycles. The Morgan fingerprint density at radius 1 is 1.71 bits per heavy atom. The van der Waals surface area contributed by atoms with Crippen LogP contribution in [0.5, 0.6) is 0 Å². The predicted molar refractivity (Wildman–Crippen MR) is 70.8 cm³/mol. The smallest absolute Gasteiger partial charge is 0.225 e. The van der Waals surface area contributed by atoms with Crippen LogP contribution in [-0.4, -0.2) is 23.9 Å². The third-order valence-corrected chi connectivity index (χ3v) is 4.40. The standard InChI is InChI=1S/C13H20N2OS/c1-10(6-7-14)13(16)15-8-2-4-11(15)12-5-3-9-17-12/h3,5,9-11H,2,4,6-8,14H2,1H3. The summed E-state index contributed by atoms with van der Waals surface area (Å²) in [7, 11) is 0. The van der Waals surface area contributed by atoms with Crippen LogP contribution >= 0.6 is 11.3 Å². The van der Waals surface area contributed by atoms with Crippen molar-refractivity contribution in [2.24, 2.45) is 11.7 Å². The highest BCUT2D eigenvalue weighted by Crippen LogP contribution is 2.35. The van der Waals surface area contributed by atoms with Crippen molar-refractivity contribution in [1.29, 1.82) is 0 Å². The summed E-state index contributed by atoms with van der Waals surface area (Å²) in [4.78, 5) is 15.7. The van der Waals surface area contributed by atoms with Crippen LogP contribution in [0.25, 0.3) is 0 Å². The molecule has 0 aromatic carbocycles. The topological polar surface area (TPSA) is 46.3 Å². The van der Waals surface area contributed by atoms with Gasteiger partial charge in [-0.3, -0.25) is 4.79 Å². The fraction of sp³-hybridized carbons (Fsp3) is 0.615. The quantitative estimate of drug-likeness (QED) is 0.894. The van der Waals surface area contributed by atoms with Gasteiger partial charge in [-0.15, -0.1) is 11.3 Å². The van der Waals surface area contributed by atoms with E-state index in [1.54, 1.807) is 11.3 Å². The van der Waals surface area contributed by atoms with E-state index in [4.69, 9.17) is 5.73 Å². The van der Waals surface area contributed by atoms with Crippen molar-refractivity contribution >= 4 is 17.2 Å². The molecule has 3 nitrogen and oxygen atoms in total. The van der Waals surface area contributed by atoms with E-state index in [-0.39, 0.29) is 11.8 Å². The fourth-order valence-corrected chi connectivity index (χ4v) is 3.34. The van der Waals surface area contributed by atoms with E-state index in [0.717, 1.165) is 25.8 Å². The van der Waals surface area contributed by atoms with Crippen LogP contribution in [0.3, 0.4) is 0 Å². The molecule has 1 aromatic rings. The first-order valence-electron chi connectivity index (χ1n) is 6.28. The largest absolute Gasteiger partial charge is 0.335 e. The van der Waals surface area contributed by atoms with Crippen LogP contribution in [0.1, 0.15) is 37.1 Å². The van der Waals surface area contributed by atoms with Crippen molar-refractivity contribution in [1.82, 2.24) is 4.90 Å². The molecule has 0 bridgehead atoms. The molecule has 2 unspecified atom stereocenters. The Labute approximate surface area is 107 Å². The summed E-state index contributed by atoms with van der Waals surface area (Å²) in [6.45, 7) is 3.47. The van der Waals surface area contributed by atoms with Gasteiger partial charge in [-0.05, 0) is 37.3 Å². The zero-order chi connectivity index (χ0) is 12.3. The summed E-state index contributed by atoms with van der Waals surface area (Å²) in [6, 6.07) is 4.50. The molecule has 17 heavy (non-hydrogen) atoms. The van der Waals surface area contributed by atoms with Gasteiger partial charge in [0.25, 0.3) is 0 Å². The Hall–Kier alpha value is -0.870. The molecule has 1 aliphatic heterocycles. The maximum absolute atomic E-state index is 12.3. The molecule has 1 saturated heterocycles. The number of nitrogens with two attached hydrogens (primary N) is 1. The molecular formula is C13H20N2OS. The van der Waals surface area contributed by atoms with E-state index in [1.165, 1.54) is 4.88 Å². The Kier molecular flexibility index (Phi) is 4.18. The summed E-state index contributed by atoms with van der Waals surface area (Å²) in [5.41, 5.74) is 5.53. The molecule has 1 aliphatic rings. The molecule has 2 atom stereocenters. The number of thiophene rings is 1. The zero-order valence-electron chi connectivity index (χ0n) is 10.3. The van der Waals surface area contributed by atoms with Crippen molar-refractivity contribution in [2.45, 2.75) is 32.2 Å². The number of carbonyl (C=O) groups is 1. The lowest BCUT2D eigenvalue weighted by Crippen LogP contribution is -2.35. The Balaban J connectivity index is 2.07. The molecular weight excluding hydrogens is 232 g/mol. The average molecular weight is 252 g/mol. The molecule has 2 heterocycles. The van der Waals surface area contributed by atoms with Crippen LogP contribution in [-0.2, 0) is 4.79 Å². The van der Waals surface area contributed by atoms with E-state index in [2.05, 4.69) is 17.5 Å². The molecule has 2 N–H and O–H groups in total. The van der Waals surface area contributed by atoms with Gasteiger partial charge in [0.15, 0.2) is 0 Å². The van der Waals surface area contributed by atoms with Gasteiger partial charge in [-0.2, -0.15) is 0 Å². The van der Waals surface area contributed by atoms with Crippen molar-refractivity contribution in [3.63, 3.8) is 0 Å². The number of hydrogen-bond donors (Lipinski definition) is 1. The van der Waals surface area contributed by atoms with Crippen molar-refractivity contribution in [3.8, 4) is 0 Å². The number of nitrogens with zero attached hydrogens (tertiary/aromatic N) is 1. The highest BCUT2D eigenvalue weighted by Gasteiger charge is 2.32. The second-order valence-corrected chi connectivity index (χ2v) is 5.66. The Morgan fingerprint density at radius 2 is 2.53 bits per heavy atom. The molecule has 94 valence electrons. The van der Waals surface area contributed by atoms with Crippen molar-refractivity contribution in [3.05, 3.63) is 22.4 Å². The lowest BCUT2D eigenvalue weighted by atomic mass is 10.1. The van der Waals surface area contributed by atoms with Gasteiger partial charge in [0, 0.05) is 17.3 Å². The first-order chi connectivity index (χ1) is 8.24. The lowest BCUT2D eigenvalue weighted by molar-refractivity contribution is -0.136. The second-order valence-electron chi connectivity index (χ2n) is 4.68. The van der Waals surface area contributed by atoms with Gasteiger partial charge in [-0.25, -0.2) is 0 Å². The first-order valence-corrected chi connectivity index (χ1v) is 7.16. The van der Waals surface area contributed by atoms with E-state index in [0.29, 0.717) is 12.6 Å². The van der Waals surface area contributed by atoms with Crippen molar-refractivity contribution in [2.75, 3.05) is 13.1 Å². The van der Waals surface area contributed by atoms with Crippen LogP contribution in [0.15, 0.2) is 17.5 Å². The molecule has 1 aromatic heterocycles. The summed E-state index contributed by atoms with van der Waals surface area (Å²) >= 11 is 1.75. The number of carbonyl (C=O) groups excluding carboxylic acids is 1. The number of amides is 1. The molecule has 2 rings (SSSR count). The van der Waals surface area contributed by atoms with Crippen molar-refractivity contribution < 1.29 is 4.79 Å². The normalized spacial score (nSPS) is 21.8. The van der Waals surface area contributed by atoms with Gasteiger partial charge in [0.05, 0.1) is 6.04 Å². The minimum Gasteiger partial charge on any atom is -0.335 e. The SMILES string of the molecule is CC(CCN)C(=O)N1CCCC1c1cccs1. The number of hydrogen-bond acceptors (Lipinski definition) is 3. The average Bonchev–Trinajstić information content (AvgIpc) is 2.98. The Bertz CT molecular complexity index is 364. The highest BCUT2D eigenvalue weighted by atomic mass is 32.1. The van der Waals surface area contributed by atoms with E-state index >= 15 is 0 Å². The highest BCUT2D eigenvalue weighted by molar-refractivity contribution is 7.10. The molecule has 4 heteroatoms. The molecule has 0 saturated carbocycles. The molecule has 1 fully saturated rings. The second kappa shape index (κ2) is 5.65. The summed E-state index contributed by atoms with van der Waals surface area (Å²) in [5, 5.41) is 2.08. The summed E-state index contributed by atoms with van der Waals surface area (Å²) in [5.74, 6) is 0.326. The maximum Gasteiger partial charge on any atom is 0.225 e. The predicted octanol–water partition coefficient (Wildman–Crippen LogP) is 2.40. The van der Waals surface area contributed by atoms with Gasteiger partial charge in [-0.1, -0.05) is 13.0 Å². The molecule has 1 amide bonds. The molecule has 0 spiro atoms. The number of likely N-dealkylation sites (tertiary alicyclic amines) is 1. The molecule has 0 radical (unpaired) electrons. The van der Waals surface area contributed by atoms with Crippen LogP contribution in [0, 0.1) is 5.92 Å². The van der Waals surface area contributed by atoms with Crippen LogP contribution in [0.2, 0.25) is 0 Å². The zero-order valence-corrected chi connectivity index (χ0v) is 11.1. The van der Waals surface area contributed by atoms with E-state index in [9.17, 15) is 4.79 Å². The third kappa shape index (κ3) is 2.69. The van der Waals surface area contributed by atoms with Gasteiger partial charge in [0.1, 0.15) is 0 Å². The van der Waals surface area contributed by atoms with Crippen LogP contribution < -0.4 is 5.73 Å². The first kappa shape index (κ1) is 12.6. The summed E-state index contributed by atoms with van der Waals surface area (Å²) < 4.78 is 0. The minimum absolute atomic E-state index is 0.0561. The Morgan fingerprint density at radius 3 is 3.18 bits per heavy atom. The van der Waals surface area contributed by atoms with E-state index in [1.807, 2.05) is 11.8 Å². The lowest BCUT2D eigenvalue weighted by Gasteiger charge is -2.26. The maximum atomic E-state index is 12.3. The summed E-state index contributed by atoms with van der Waals surface area (Å²) in [6.07, 6.45) is 3.00. The van der Waals surface area contributed by atoms with Gasteiger partial charge in [0.2, 0.25) is 5.91 Å². The fourth-order valence-electron chi connectivity index (χ4n) is 2.46. The van der Waals surface area contributed by atoms with Crippen LogP contribution in [0.4, 0.5) is 0 Å². The number of rotatable bonds is 4. The minimum atomic E-state index is 0.0561. The van der Waals surface area contributed by atoms with Gasteiger partial charge < -0.3 is 10.6 Å². The van der Waals surface area contributed by atoms with E-state index < -0.39 is 0 Å².